The van der Waals surface area contributed by atoms with Crippen molar-refractivity contribution in [2.45, 2.75) is 26.4 Å². The summed E-state index contributed by atoms with van der Waals surface area (Å²) in [5.74, 6) is -0.973. The number of aryl methyl sites for hydroxylation is 1. The Morgan fingerprint density at radius 2 is 1.86 bits per heavy atom. The zero-order chi connectivity index (χ0) is 24.9. The van der Waals surface area contributed by atoms with E-state index in [1.54, 1.807) is 28.8 Å². The molecule has 0 bridgehead atoms. The van der Waals surface area contributed by atoms with Gasteiger partial charge in [-0.15, -0.1) is 0 Å². The molecule has 0 saturated heterocycles. The summed E-state index contributed by atoms with van der Waals surface area (Å²) in [6.45, 7) is 2.42. The second-order valence-corrected chi connectivity index (χ2v) is 8.10. The average molecular weight is 480 g/mol. The molecular formula is C26H23F3N4O2. The minimum atomic E-state index is -2.78. The molecule has 2 aromatic heterocycles. The van der Waals surface area contributed by atoms with Gasteiger partial charge in [0.05, 0.1) is 6.20 Å². The van der Waals surface area contributed by atoms with E-state index in [1.807, 2.05) is 37.5 Å². The third-order valence-electron chi connectivity index (χ3n) is 5.58. The van der Waals surface area contributed by atoms with Crippen LogP contribution in [0.3, 0.4) is 0 Å². The largest absolute Gasteiger partial charge is 0.436 e. The number of hydrogen-bond acceptors (Lipinski definition) is 4. The van der Waals surface area contributed by atoms with Crippen molar-refractivity contribution in [3.63, 3.8) is 0 Å². The molecule has 0 fully saturated rings. The smallest absolute Gasteiger partial charge is 0.263 e. The lowest BCUT2D eigenvalue weighted by molar-refractivity contribution is -0.119. The number of ether oxygens (including phenoxy) is 1. The predicted molar refractivity (Wildman–Crippen MR) is 124 cm³/mol. The van der Waals surface area contributed by atoms with Gasteiger partial charge in [-0.2, -0.15) is 5.10 Å². The number of halogens is 3. The number of carbonyl (C=O) groups excluding carboxylic acids is 1. The van der Waals surface area contributed by atoms with Crippen molar-refractivity contribution in [2.75, 3.05) is 0 Å². The molecule has 4 rings (SSSR count). The predicted octanol–water partition coefficient (Wildman–Crippen LogP) is 5.82. The molecule has 0 saturated carbocycles. The van der Waals surface area contributed by atoms with Crippen molar-refractivity contribution >= 4 is 6.41 Å². The van der Waals surface area contributed by atoms with Crippen molar-refractivity contribution < 1.29 is 22.7 Å². The normalized spacial score (nSPS) is 11.0. The molecule has 2 heterocycles. The lowest BCUT2D eigenvalue weighted by Crippen LogP contribution is -2.21. The Bertz CT molecular complexity index is 1320. The number of amides is 1. The molecule has 0 atom stereocenters. The van der Waals surface area contributed by atoms with Crippen molar-refractivity contribution in [3.8, 4) is 22.8 Å². The van der Waals surface area contributed by atoms with Crippen LogP contribution in [0.15, 0.2) is 67.1 Å². The molecular weight excluding hydrogens is 457 g/mol. The van der Waals surface area contributed by atoms with Gasteiger partial charge < -0.3 is 9.64 Å². The van der Waals surface area contributed by atoms with Crippen LogP contribution in [-0.4, -0.2) is 26.1 Å². The van der Waals surface area contributed by atoms with Gasteiger partial charge in [-0.25, -0.2) is 18.2 Å². The third kappa shape index (κ3) is 5.68. The Labute approximate surface area is 200 Å². The molecule has 0 spiro atoms. The summed E-state index contributed by atoms with van der Waals surface area (Å²) in [5.41, 5.74) is 3.94. The number of nitrogens with zero attached hydrogens (tertiary/aromatic N) is 4. The molecule has 0 N–H and O–H groups in total. The van der Waals surface area contributed by atoms with E-state index in [-0.39, 0.29) is 18.2 Å². The Morgan fingerprint density at radius 1 is 1.09 bits per heavy atom. The van der Waals surface area contributed by atoms with E-state index in [2.05, 4.69) is 10.1 Å². The summed E-state index contributed by atoms with van der Waals surface area (Å²) in [5, 5.41) is 4.18. The molecule has 0 aliphatic carbocycles. The number of aromatic nitrogens is 3. The molecule has 0 unspecified atom stereocenters. The number of carbonyl (C=O) groups is 1. The number of pyridine rings is 1. The van der Waals surface area contributed by atoms with Gasteiger partial charge in [-0.3, -0.25) is 9.48 Å². The first kappa shape index (κ1) is 24.0. The maximum absolute atomic E-state index is 14.2. The Kier molecular flexibility index (Phi) is 7.14. The van der Waals surface area contributed by atoms with E-state index >= 15 is 0 Å². The van der Waals surface area contributed by atoms with Gasteiger partial charge in [0, 0.05) is 49.2 Å². The molecule has 4 aromatic rings. The van der Waals surface area contributed by atoms with Gasteiger partial charge in [0.15, 0.2) is 11.6 Å². The minimum absolute atomic E-state index is 0.137. The molecule has 6 nitrogen and oxygen atoms in total. The summed E-state index contributed by atoms with van der Waals surface area (Å²) in [7, 11) is 1.86. The molecule has 9 heteroatoms. The maximum Gasteiger partial charge on any atom is 0.263 e. The van der Waals surface area contributed by atoms with Gasteiger partial charge in [0.2, 0.25) is 12.3 Å². The van der Waals surface area contributed by atoms with E-state index in [9.17, 15) is 18.0 Å². The van der Waals surface area contributed by atoms with Crippen LogP contribution in [0.25, 0.3) is 11.1 Å². The fraction of sp³-hybridized carbons (Fsp3) is 0.192. The van der Waals surface area contributed by atoms with Crippen LogP contribution >= 0.6 is 0 Å². The maximum atomic E-state index is 14.2. The van der Waals surface area contributed by atoms with Gasteiger partial charge in [0.1, 0.15) is 0 Å². The highest BCUT2D eigenvalue weighted by atomic mass is 19.3. The standard InChI is InChI=1S/C26H23F3N4O2/c1-17-21(9-10-30-26(17)35-24-8-7-20(25(28)29)11-23(24)27)15-33(16-34)13-18-3-5-19(6-4-18)22-12-31-32(2)14-22/h3-12,14,16,25H,13,15H2,1-2H3. The highest BCUT2D eigenvalue weighted by molar-refractivity contribution is 5.62. The first-order chi connectivity index (χ1) is 16.8. The molecule has 35 heavy (non-hydrogen) atoms. The van der Waals surface area contributed by atoms with Gasteiger partial charge in [-0.05, 0) is 47.9 Å². The fourth-order valence-corrected chi connectivity index (χ4v) is 3.62. The SMILES string of the molecule is Cc1c(CN(C=O)Cc2ccc(-c3cnn(C)c3)cc2)ccnc1Oc1ccc(C(F)F)cc1F. The number of rotatable bonds is 9. The van der Waals surface area contributed by atoms with Crippen molar-refractivity contribution in [1.82, 2.24) is 19.7 Å². The molecule has 0 radical (unpaired) electrons. The first-order valence-corrected chi connectivity index (χ1v) is 10.8. The van der Waals surface area contributed by atoms with Crippen LogP contribution in [-0.2, 0) is 24.9 Å². The summed E-state index contributed by atoms with van der Waals surface area (Å²) >= 11 is 0. The monoisotopic (exact) mass is 480 g/mol. The van der Waals surface area contributed by atoms with E-state index in [0.717, 1.165) is 46.9 Å². The lowest BCUT2D eigenvalue weighted by atomic mass is 10.1. The molecule has 180 valence electrons. The van der Waals surface area contributed by atoms with Crippen LogP contribution < -0.4 is 4.74 Å². The van der Waals surface area contributed by atoms with Crippen LogP contribution in [0.2, 0.25) is 0 Å². The van der Waals surface area contributed by atoms with Crippen molar-refractivity contribution in [2.24, 2.45) is 7.05 Å². The average Bonchev–Trinajstić information content (AvgIpc) is 3.28. The third-order valence-corrected chi connectivity index (χ3v) is 5.58. The molecule has 0 aliphatic heterocycles. The van der Waals surface area contributed by atoms with E-state index < -0.39 is 17.8 Å². The Morgan fingerprint density at radius 3 is 2.49 bits per heavy atom. The lowest BCUT2D eigenvalue weighted by Gasteiger charge is -2.20. The highest BCUT2D eigenvalue weighted by Crippen LogP contribution is 2.30. The zero-order valence-corrected chi connectivity index (χ0v) is 19.2. The van der Waals surface area contributed by atoms with Crippen LogP contribution in [0.1, 0.15) is 28.7 Å². The van der Waals surface area contributed by atoms with Gasteiger partial charge in [-0.1, -0.05) is 24.3 Å². The van der Waals surface area contributed by atoms with Gasteiger partial charge >= 0.3 is 0 Å². The minimum Gasteiger partial charge on any atom is -0.436 e. The number of hydrogen-bond donors (Lipinski definition) is 0. The second-order valence-electron chi connectivity index (χ2n) is 8.10. The molecule has 1 amide bonds. The summed E-state index contributed by atoms with van der Waals surface area (Å²) in [4.78, 5) is 17.5. The van der Waals surface area contributed by atoms with E-state index in [0.29, 0.717) is 12.1 Å². The number of alkyl halides is 2. The van der Waals surface area contributed by atoms with Crippen molar-refractivity contribution in [3.05, 3.63) is 95.2 Å². The van der Waals surface area contributed by atoms with Crippen LogP contribution in [0, 0.1) is 12.7 Å². The van der Waals surface area contributed by atoms with Crippen LogP contribution in [0.5, 0.6) is 11.6 Å². The first-order valence-electron chi connectivity index (χ1n) is 10.8. The van der Waals surface area contributed by atoms with Crippen molar-refractivity contribution in [1.29, 1.82) is 0 Å². The van der Waals surface area contributed by atoms with E-state index in [1.165, 1.54) is 6.20 Å². The van der Waals surface area contributed by atoms with Gasteiger partial charge in [0.25, 0.3) is 6.43 Å². The quantitative estimate of drug-likeness (QED) is 0.283. The van der Waals surface area contributed by atoms with E-state index in [4.69, 9.17) is 4.74 Å². The fourth-order valence-electron chi connectivity index (χ4n) is 3.62. The Hall–Kier alpha value is -4.14. The molecule has 2 aromatic carbocycles. The topological polar surface area (TPSA) is 60.2 Å². The highest BCUT2D eigenvalue weighted by Gasteiger charge is 2.16. The Balaban J connectivity index is 1.46. The van der Waals surface area contributed by atoms with Crippen LogP contribution in [0.4, 0.5) is 13.2 Å². The summed E-state index contributed by atoms with van der Waals surface area (Å²) < 4.78 is 47.1. The number of benzene rings is 2. The summed E-state index contributed by atoms with van der Waals surface area (Å²) in [6, 6.07) is 12.6. The molecule has 0 aliphatic rings. The second kappa shape index (κ2) is 10.4. The zero-order valence-electron chi connectivity index (χ0n) is 19.2. The summed E-state index contributed by atoms with van der Waals surface area (Å²) in [6.07, 6.45) is 3.20.